The Bertz CT molecular complexity index is 423. The van der Waals surface area contributed by atoms with Crippen molar-refractivity contribution in [2.75, 3.05) is 25.5 Å². The van der Waals surface area contributed by atoms with Crippen LogP contribution in [0.2, 0.25) is 0 Å². The Morgan fingerprint density at radius 2 is 2.42 bits per heavy atom. The number of nitrogens with one attached hydrogen (secondary N) is 1. The molecule has 0 aromatic carbocycles. The van der Waals surface area contributed by atoms with Gasteiger partial charge in [0.15, 0.2) is 0 Å². The van der Waals surface area contributed by atoms with E-state index in [-0.39, 0.29) is 16.7 Å². The van der Waals surface area contributed by atoms with Gasteiger partial charge in [0.25, 0.3) is 0 Å². The van der Waals surface area contributed by atoms with E-state index in [2.05, 4.69) is 5.32 Å². The van der Waals surface area contributed by atoms with Crippen molar-refractivity contribution in [1.29, 1.82) is 0 Å². The number of nitrogens with zero attached hydrogens (tertiary/aromatic N) is 1. The Morgan fingerprint density at radius 1 is 1.63 bits per heavy atom. The van der Waals surface area contributed by atoms with Gasteiger partial charge in [0.2, 0.25) is 5.91 Å². The minimum Gasteiger partial charge on any atom is -0.382 e. The monoisotopic (exact) mass is 304 g/mol. The molecule has 1 heterocycles. The van der Waals surface area contributed by atoms with Gasteiger partial charge in [0.1, 0.15) is 0 Å². The van der Waals surface area contributed by atoms with Crippen LogP contribution < -0.4 is 5.32 Å². The van der Waals surface area contributed by atoms with Gasteiger partial charge in [-0.3, -0.25) is 14.9 Å². The van der Waals surface area contributed by atoms with E-state index in [1.807, 2.05) is 6.92 Å². The fraction of sp³-hybridized carbons (Fsp3) is 0.545. The van der Waals surface area contributed by atoms with Crippen molar-refractivity contribution in [2.24, 2.45) is 0 Å². The number of hydrogen-bond acceptors (Lipinski definition) is 6. The molecule has 6 nitrogen and oxygen atoms in total. The predicted molar refractivity (Wildman–Crippen MR) is 75.8 cm³/mol. The first-order valence-electron chi connectivity index (χ1n) is 5.84. The largest absolute Gasteiger partial charge is 0.382 e. The highest BCUT2D eigenvalue weighted by atomic mass is 32.2. The molecule has 1 N–H and O–H groups in total. The molecule has 0 radical (unpaired) electrons. The summed E-state index contributed by atoms with van der Waals surface area (Å²) >= 11 is 2.25. The first kappa shape index (κ1) is 15.9. The molecule has 1 amide bonds. The second-order valence-electron chi connectivity index (χ2n) is 3.54. The molecule has 0 saturated carbocycles. The van der Waals surface area contributed by atoms with E-state index in [0.717, 1.165) is 17.8 Å². The highest BCUT2D eigenvalue weighted by Crippen LogP contribution is 2.33. The molecule has 1 aromatic heterocycles. The van der Waals surface area contributed by atoms with Crippen molar-refractivity contribution in [2.45, 2.75) is 18.2 Å². The summed E-state index contributed by atoms with van der Waals surface area (Å²) in [5, 5.41) is 15.2. The normalized spacial score (nSPS) is 10.4. The zero-order valence-corrected chi connectivity index (χ0v) is 12.2. The van der Waals surface area contributed by atoms with Crippen LogP contribution in [0.3, 0.4) is 0 Å². The zero-order valence-electron chi connectivity index (χ0n) is 10.6. The third-order valence-corrected chi connectivity index (χ3v) is 4.17. The van der Waals surface area contributed by atoms with E-state index in [9.17, 15) is 14.9 Å². The molecule has 0 saturated heterocycles. The van der Waals surface area contributed by atoms with E-state index in [0.29, 0.717) is 24.7 Å². The minimum absolute atomic E-state index is 0.0918. The summed E-state index contributed by atoms with van der Waals surface area (Å²) in [6.07, 6.45) is 0.767. The number of carbonyl (C=O) groups is 1. The quantitative estimate of drug-likeness (QED) is 0.327. The van der Waals surface area contributed by atoms with Gasteiger partial charge in [-0.05, 0) is 24.8 Å². The number of carbonyl (C=O) groups excluding carboxylic acids is 1. The number of hydrogen-bond donors (Lipinski definition) is 1. The lowest BCUT2D eigenvalue weighted by molar-refractivity contribution is -0.382. The fourth-order valence-electron chi connectivity index (χ4n) is 1.27. The van der Waals surface area contributed by atoms with Crippen molar-refractivity contribution in [1.82, 2.24) is 5.32 Å². The number of rotatable bonds is 9. The number of thioether (sulfide) groups is 1. The Balaban J connectivity index is 2.22. The molecule has 106 valence electrons. The predicted octanol–water partition coefficient (Wildman–Crippen LogP) is 2.29. The van der Waals surface area contributed by atoms with Crippen LogP contribution in [0.25, 0.3) is 0 Å². The average Bonchev–Trinajstić information content (AvgIpc) is 2.84. The summed E-state index contributed by atoms with van der Waals surface area (Å²) in [5.74, 6) is 0.0636. The summed E-state index contributed by atoms with van der Waals surface area (Å²) in [4.78, 5) is 22.3. The molecule has 0 aliphatic carbocycles. The Hall–Kier alpha value is -1.12. The third kappa shape index (κ3) is 6.04. The molecule has 0 aliphatic rings. The molecule has 0 spiro atoms. The second-order valence-corrected chi connectivity index (χ2v) is 5.45. The van der Waals surface area contributed by atoms with Gasteiger partial charge in [-0.2, -0.15) is 0 Å². The van der Waals surface area contributed by atoms with Crippen LogP contribution in [0.15, 0.2) is 16.3 Å². The van der Waals surface area contributed by atoms with Crippen molar-refractivity contribution in [3.8, 4) is 0 Å². The third-order valence-electron chi connectivity index (χ3n) is 2.13. The van der Waals surface area contributed by atoms with E-state index in [1.165, 1.54) is 11.8 Å². The highest BCUT2D eigenvalue weighted by molar-refractivity contribution is 8.00. The first-order chi connectivity index (χ1) is 9.15. The molecule has 8 heteroatoms. The summed E-state index contributed by atoms with van der Waals surface area (Å²) in [7, 11) is 0. The van der Waals surface area contributed by atoms with Gasteiger partial charge in [-0.15, -0.1) is 11.8 Å². The van der Waals surface area contributed by atoms with Gasteiger partial charge in [-0.25, -0.2) is 0 Å². The Kier molecular flexibility index (Phi) is 7.46. The van der Waals surface area contributed by atoms with E-state index < -0.39 is 4.92 Å². The van der Waals surface area contributed by atoms with Crippen molar-refractivity contribution >= 4 is 34.0 Å². The Morgan fingerprint density at radius 3 is 3.11 bits per heavy atom. The van der Waals surface area contributed by atoms with Crippen molar-refractivity contribution in [3.05, 3.63) is 21.6 Å². The molecule has 0 atom stereocenters. The molecular formula is C11H16N2O4S2. The SMILES string of the molecule is CCOCCCNC(=O)CSc1ccsc1[N+](=O)[O-]. The molecule has 0 aliphatic heterocycles. The average molecular weight is 304 g/mol. The number of thiophene rings is 1. The van der Waals surface area contributed by atoms with Crippen LogP contribution >= 0.6 is 23.1 Å². The van der Waals surface area contributed by atoms with Crippen LogP contribution in [0, 0.1) is 10.1 Å². The van der Waals surface area contributed by atoms with Crippen LogP contribution in [-0.2, 0) is 9.53 Å². The number of nitro groups is 1. The molecule has 0 bridgehead atoms. The van der Waals surface area contributed by atoms with Crippen LogP contribution in [0.5, 0.6) is 0 Å². The van der Waals surface area contributed by atoms with Gasteiger partial charge in [0, 0.05) is 19.8 Å². The van der Waals surface area contributed by atoms with E-state index >= 15 is 0 Å². The van der Waals surface area contributed by atoms with E-state index in [1.54, 1.807) is 11.4 Å². The maximum Gasteiger partial charge on any atom is 0.337 e. The smallest absolute Gasteiger partial charge is 0.337 e. The summed E-state index contributed by atoms with van der Waals surface area (Å²) in [6, 6.07) is 1.66. The van der Waals surface area contributed by atoms with Gasteiger partial charge >= 0.3 is 5.00 Å². The fourth-order valence-corrected chi connectivity index (χ4v) is 3.03. The van der Waals surface area contributed by atoms with Crippen LogP contribution in [0.4, 0.5) is 5.00 Å². The lowest BCUT2D eigenvalue weighted by Crippen LogP contribution is -2.26. The zero-order chi connectivity index (χ0) is 14.1. The summed E-state index contributed by atoms with van der Waals surface area (Å²) in [6.45, 7) is 3.78. The molecule has 1 rings (SSSR count). The van der Waals surface area contributed by atoms with Gasteiger partial charge in [0.05, 0.1) is 15.6 Å². The molecule has 0 fully saturated rings. The summed E-state index contributed by atoms with van der Waals surface area (Å²) < 4.78 is 5.15. The first-order valence-corrected chi connectivity index (χ1v) is 7.70. The molecule has 1 aromatic rings. The van der Waals surface area contributed by atoms with Crippen LogP contribution in [0.1, 0.15) is 13.3 Å². The van der Waals surface area contributed by atoms with Crippen molar-refractivity contribution in [3.63, 3.8) is 0 Å². The standard InChI is InChI=1S/C11H16N2O4S2/c1-2-17-6-3-5-12-10(14)8-19-9-4-7-18-11(9)13(15)16/h4,7H,2-3,5-6,8H2,1H3,(H,12,14). The van der Waals surface area contributed by atoms with Gasteiger partial charge < -0.3 is 10.1 Å². The maximum atomic E-state index is 11.5. The Labute approximate surface area is 119 Å². The number of amides is 1. The summed E-state index contributed by atoms with van der Waals surface area (Å²) in [5.41, 5.74) is 0. The van der Waals surface area contributed by atoms with Gasteiger partial charge in [-0.1, -0.05) is 11.3 Å². The lowest BCUT2D eigenvalue weighted by atomic mass is 10.4. The van der Waals surface area contributed by atoms with Crippen molar-refractivity contribution < 1.29 is 14.5 Å². The lowest BCUT2D eigenvalue weighted by Gasteiger charge is -2.04. The maximum absolute atomic E-state index is 11.5. The van der Waals surface area contributed by atoms with E-state index in [4.69, 9.17) is 4.74 Å². The molecule has 19 heavy (non-hydrogen) atoms. The van der Waals surface area contributed by atoms with Crippen LogP contribution in [-0.4, -0.2) is 36.3 Å². The highest BCUT2D eigenvalue weighted by Gasteiger charge is 2.16. The second kappa shape index (κ2) is 8.89. The molecular weight excluding hydrogens is 288 g/mol. The topological polar surface area (TPSA) is 81.5 Å². The minimum atomic E-state index is -0.424. The molecule has 0 unspecified atom stereocenters. The number of ether oxygens (including phenoxy) is 1.